The van der Waals surface area contributed by atoms with E-state index in [2.05, 4.69) is 0 Å². The van der Waals surface area contributed by atoms with E-state index in [1.165, 1.54) is 0 Å². The van der Waals surface area contributed by atoms with Crippen LogP contribution in [0.2, 0.25) is 0 Å². The smallest absolute Gasteiger partial charge is 0.187 e. The highest BCUT2D eigenvalue weighted by molar-refractivity contribution is 5.26. The van der Waals surface area contributed by atoms with Gasteiger partial charge in [-0.05, 0) is 17.7 Å². The molecule has 7 nitrogen and oxygen atoms in total. The quantitative estimate of drug-likeness (QED) is 0.553. The lowest BCUT2D eigenvalue weighted by atomic mass is 9.99. The molecule has 1 fully saturated rings. The number of hydrogen-bond donors (Lipinski definition) is 4. The van der Waals surface area contributed by atoms with Crippen molar-refractivity contribution in [2.45, 2.75) is 37.3 Å². The zero-order valence-corrected chi connectivity index (χ0v) is 11.6. The van der Waals surface area contributed by atoms with Gasteiger partial charge in [0.15, 0.2) is 6.29 Å². The van der Waals surface area contributed by atoms with Gasteiger partial charge in [0.2, 0.25) is 0 Å². The van der Waals surface area contributed by atoms with Gasteiger partial charge in [0.05, 0.1) is 20.3 Å². The van der Waals surface area contributed by atoms with E-state index in [4.69, 9.17) is 19.3 Å². The van der Waals surface area contributed by atoms with Crippen molar-refractivity contribution in [1.29, 1.82) is 0 Å². The Labute approximate surface area is 122 Å². The van der Waals surface area contributed by atoms with Crippen LogP contribution in [0, 0.1) is 0 Å². The molecule has 0 amide bonds. The maximum absolute atomic E-state index is 9.82. The standard InChI is InChI=1S/C14H20O7/c1-19-9-4-2-8(3-5-9)7-20-14-13(18)12(17)11(16)10(6-15)21-14/h2-5,10-18H,6-7H2,1H3/t10-,11-,12-,13+,14+/m1/s1. The van der Waals surface area contributed by atoms with Crippen LogP contribution in [0.4, 0.5) is 0 Å². The average Bonchev–Trinajstić information content (AvgIpc) is 2.52. The third-order valence-electron chi connectivity index (χ3n) is 3.42. The second kappa shape index (κ2) is 7.17. The lowest BCUT2D eigenvalue weighted by molar-refractivity contribution is -0.304. The molecule has 0 unspecified atom stereocenters. The van der Waals surface area contributed by atoms with Crippen LogP contribution in [-0.4, -0.2) is 64.8 Å². The van der Waals surface area contributed by atoms with Gasteiger partial charge in [0, 0.05) is 0 Å². The fourth-order valence-corrected chi connectivity index (χ4v) is 2.11. The average molecular weight is 300 g/mol. The van der Waals surface area contributed by atoms with Crippen LogP contribution in [0.15, 0.2) is 24.3 Å². The van der Waals surface area contributed by atoms with E-state index >= 15 is 0 Å². The monoisotopic (exact) mass is 300 g/mol. The fourth-order valence-electron chi connectivity index (χ4n) is 2.11. The molecule has 1 aliphatic rings. The van der Waals surface area contributed by atoms with Crippen molar-refractivity contribution in [2.24, 2.45) is 0 Å². The molecule has 2 rings (SSSR count). The van der Waals surface area contributed by atoms with Crippen LogP contribution in [0.1, 0.15) is 5.56 Å². The van der Waals surface area contributed by atoms with Gasteiger partial charge in [-0.25, -0.2) is 0 Å². The molecule has 1 saturated heterocycles. The Morgan fingerprint density at radius 2 is 1.71 bits per heavy atom. The minimum atomic E-state index is -1.43. The molecule has 1 aliphatic heterocycles. The molecule has 118 valence electrons. The summed E-state index contributed by atoms with van der Waals surface area (Å²) in [6, 6.07) is 7.13. The first kappa shape index (κ1) is 16.2. The summed E-state index contributed by atoms with van der Waals surface area (Å²) < 4.78 is 15.7. The Balaban J connectivity index is 1.94. The largest absolute Gasteiger partial charge is 0.497 e. The number of benzene rings is 1. The van der Waals surface area contributed by atoms with E-state index < -0.39 is 37.3 Å². The Morgan fingerprint density at radius 3 is 2.29 bits per heavy atom. The molecule has 21 heavy (non-hydrogen) atoms. The zero-order valence-electron chi connectivity index (χ0n) is 11.6. The van der Waals surface area contributed by atoms with E-state index in [1.807, 2.05) is 0 Å². The van der Waals surface area contributed by atoms with Crippen molar-refractivity contribution in [3.05, 3.63) is 29.8 Å². The molecule has 7 heteroatoms. The van der Waals surface area contributed by atoms with Crippen LogP contribution in [0.3, 0.4) is 0 Å². The third-order valence-corrected chi connectivity index (χ3v) is 3.42. The molecule has 0 aromatic heterocycles. The summed E-state index contributed by atoms with van der Waals surface area (Å²) in [6.07, 6.45) is -6.30. The summed E-state index contributed by atoms with van der Waals surface area (Å²) in [5, 5.41) is 38.2. The topological polar surface area (TPSA) is 109 Å². The van der Waals surface area contributed by atoms with Gasteiger partial charge in [-0.3, -0.25) is 0 Å². The molecule has 0 saturated carbocycles. The fraction of sp³-hybridized carbons (Fsp3) is 0.571. The Hall–Kier alpha value is -1.22. The highest BCUT2D eigenvalue weighted by Gasteiger charge is 2.43. The van der Waals surface area contributed by atoms with Gasteiger partial charge in [0.1, 0.15) is 30.2 Å². The predicted molar refractivity (Wildman–Crippen MR) is 71.6 cm³/mol. The van der Waals surface area contributed by atoms with Crippen LogP contribution in [-0.2, 0) is 16.1 Å². The van der Waals surface area contributed by atoms with Crippen molar-refractivity contribution in [3.63, 3.8) is 0 Å². The number of methoxy groups -OCH3 is 1. The molecule has 1 aromatic carbocycles. The summed E-state index contributed by atoms with van der Waals surface area (Å²) in [5.41, 5.74) is 0.827. The van der Waals surface area contributed by atoms with E-state index in [0.29, 0.717) is 5.75 Å². The van der Waals surface area contributed by atoms with Crippen molar-refractivity contribution >= 4 is 0 Å². The lowest BCUT2D eigenvalue weighted by Gasteiger charge is -2.39. The summed E-state index contributed by atoms with van der Waals surface area (Å²) >= 11 is 0. The number of rotatable bonds is 5. The number of aliphatic hydroxyl groups excluding tert-OH is 4. The van der Waals surface area contributed by atoms with Gasteiger partial charge in [-0.2, -0.15) is 0 Å². The first-order chi connectivity index (χ1) is 10.1. The van der Waals surface area contributed by atoms with Gasteiger partial charge < -0.3 is 34.6 Å². The number of hydrogen-bond acceptors (Lipinski definition) is 7. The normalized spacial score (nSPS) is 32.9. The Morgan fingerprint density at radius 1 is 1.05 bits per heavy atom. The summed E-state index contributed by atoms with van der Waals surface area (Å²) in [7, 11) is 1.57. The minimum Gasteiger partial charge on any atom is -0.497 e. The van der Waals surface area contributed by atoms with E-state index in [9.17, 15) is 15.3 Å². The number of ether oxygens (including phenoxy) is 3. The van der Waals surface area contributed by atoms with Gasteiger partial charge in [-0.1, -0.05) is 12.1 Å². The maximum atomic E-state index is 9.82. The first-order valence-electron chi connectivity index (χ1n) is 6.62. The third kappa shape index (κ3) is 3.70. The zero-order chi connectivity index (χ0) is 15.4. The number of aliphatic hydroxyl groups is 4. The highest BCUT2D eigenvalue weighted by atomic mass is 16.7. The van der Waals surface area contributed by atoms with Crippen molar-refractivity contribution in [3.8, 4) is 5.75 Å². The maximum Gasteiger partial charge on any atom is 0.187 e. The van der Waals surface area contributed by atoms with Crippen LogP contribution >= 0.6 is 0 Å². The molecular formula is C14H20O7. The molecule has 4 N–H and O–H groups in total. The lowest BCUT2D eigenvalue weighted by Crippen LogP contribution is -2.59. The van der Waals surface area contributed by atoms with E-state index in [1.54, 1.807) is 31.4 Å². The second-order valence-electron chi connectivity index (χ2n) is 4.86. The van der Waals surface area contributed by atoms with Crippen molar-refractivity contribution in [2.75, 3.05) is 13.7 Å². The Kier molecular flexibility index (Phi) is 5.51. The van der Waals surface area contributed by atoms with Gasteiger partial charge in [0.25, 0.3) is 0 Å². The second-order valence-corrected chi connectivity index (χ2v) is 4.86. The summed E-state index contributed by atoms with van der Waals surface area (Å²) in [4.78, 5) is 0. The van der Waals surface area contributed by atoms with Crippen molar-refractivity contribution in [1.82, 2.24) is 0 Å². The molecular weight excluding hydrogens is 280 g/mol. The summed E-state index contributed by atoms with van der Waals surface area (Å²) in [6.45, 7) is -0.333. The van der Waals surface area contributed by atoms with Gasteiger partial charge in [-0.15, -0.1) is 0 Å². The SMILES string of the molecule is COc1ccc(CO[C@H]2O[C@H](CO)[C@@H](O)[C@@H](O)[C@@H]2O)cc1. The predicted octanol–water partition coefficient (Wildman–Crippen LogP) is -0.988. The first-order valence-corrected chi connectivity index (χ1v) is 6.62. The van der Waals surface area contributed by atoms with Crippen molar-refractivity contribution < 1.29 is 34.6 Å². The van der Waals surface area contributed by atoms with Crippen LogP contribution in [0.5, 0.6) is 5.75 Å². The van der Waals surface area contributed by atoms with E-state index in [0.717, 1.165) is 5.56 Å². The molecule has 0 spiro atoms. The molecule has 0 bridgehead atoms. The van der Waals surface area contributed by atoms with Crippen LogP contribution in [0.25, 0.3) is 0 Å². The molecule has 0 radical (unpaired) electrons. The van der Waals surface area contributed by atoms with E-state index in [-0.39, 0.29) is 6.61 Å². The molecule has 0 aliphatic carbocycles. The molecule has 1 heterocycles. The molecule has 5 atom stereocenters. The minimum absolute atomic E-state index is 0.146. The van der Waals surface area contributed by atoms with Gasteiger partial charge >= 0.3 is 0 Å². The summed E-state index contributed by atoms with van der Waals surface area (Å²) in [5.74, 6) is 0.714. The van der Waals surface area contributed by atoms with Crippen LogP contribution < -0.4 is 4.74 Å². The Bertz CT molecular complexity index is 433. The highest BCUT2D eigenvalue weighted by Crippen LogP contribution is 2.23. The molecule has 1 aromatic rings.